The van der Waals surface area contributed by atoms with Gasteiger partial charge in [-0.1, -0.05) is 19.0 Å². The summed E-state index contributed by atoms with van der Waals surface area (Å²) in [7, 11) is 2.48. The fraction of sp³-hybridized carbons (Fsp3) is 0.346. The first-order chi connectivity index (χ1) is 17.0. The van der Waals surface area contributed by atoms with E-state index in [0.29, 0.717) is 34.1 Å². The van der Waals surface area contributed by atoms with E-state index >= 15 is 0 Å². The normalized spacial score (nSPS) is 10.9. The van der Waals surface area contributed by atoms with Gasteiger partial charge >= 0.3 is 17.9 Å². The molecule has 36 heavy (non-hydrogen) atoms. The third kappa shape index (κ3) is 5.07. The summed E-state index contributed by atoms with van der Waals surface area (Å²) in [5, 5.41) is 3.83. The molecule has 0 saturated heterocycles. The zero-order valence-electron chi connectivity index (χ0n) is 21.3. The minimum absolute atomic E-state index is 0.0842. The quantitative estimate of drug-likeness (QED) is 0.257. The van der Waals surface area contributed by atoms with Crippen molar-refractivity contribution in [1.29, 1.82) is 0 Å². The fourth-order valence-electron chi connectivity index (χ4n) is 3.96. The molecule has 2 aromatic heterocycles. The minimum Gasteiger partial charge on any atom is -0.465 e. The highest BCUT2D eigenvalue weighted by Crippen LogP contribution is 2.26. The zero-order valence-corrected chi connectivity index (χ0v) is 21.3. The molecule has 0 amide bonds. The number of esters is 3. The van der Waals surface area contributed by atoms with E-state index in [1.54, 1.807) is 43.5 Å². The lowest BCUT2D eigenvalue weighted by Gasteiger charge is -2.13. The van der Waals surface area contributed by atoms with Gasteiger partial charge in [-0.2, -0.15) is 0 Å². The lowest BCUT2D eigenvalue weighted by Crippen LogP contribution is -2.16. The van der Waals surface area contributed by atoms with Crippen LogP contribution in [-0.4, -0.2) is 54.2 Å². The molecule has 0 bridgehead atoms. The van der Waals surface area contributed by atoms with Crippen molar-refractivity contribution in [2.75, 3.05) is 20.8 Å². The molecule has 3 rings (SSSR count). The van der Waals surface area contributed by atoms with Crippen molar-refractivity contribution in [1.82, 2.24) is 9.72 Å². The molecule has 0 fully saturated rings. The molecule has 0 aliphatic heterocycles. The van der Waals surface area contributed by atoms with Crippen LogP contribution in [0.25, 0.3) is 5.69 Å². The second kappa shape index (κ2) is 10.6. The highest BCUT2D eigenvalue weighted by Gasteiger charge is 2.26. The monoisotopic (exact) mass is 496 g/mol. The van der Waals surface area contributed by atoms with Gasteiger partial charge in [0.2, 0.25) is 5.78 Å². The van der Waals surface area contributed by atoms with Crippen LogP contribution in [0.2, 0.25) is 0 Å². The predicted octanol–water partition coefficient (Wildman–Crippen LogP) is 4.13. The average Bonchev–Trinajstić information content (AvgIpc) is 3.39. The fourth-order valence-corrected chi connectivity index (χ4v) is 3.96. The number of benzene rings is 1. The highest BCUT2D eigenvalue weighted by molar-refractivity contribution is 6.01. The van der Waals surface area contributed by atoms with Crippen molar-refractivity contribution in [3.63, 3.8) is 0 Å². The first-order valence-corrected chi connectivity index (χ1v) is 11.2. The van der Waals surface area contributed by atoms with Crippen LogP contribution in [0, 0.1) is 20.8 Å². The van der Waals surface area contributed by atoms with Crippen molar-refractivity contribution in [3.05, 3.63) is 69.4 Å². The van der Waals surface area contributed by atoms with Gasteiger partial charge in [-0.3, -0.25) is 4.79 Å². The van der Waals surface area contributed by atoms with E-state index in [1.165, 1.54) is 20.3 Å². The second-order valence-corrected chi connectivity index (χ2v) is 8.53. The van der Waals surface area contributed by atoms with Crippen LogP contribution in [-0.2, 0) is 14.2 Å². The molecule has 0 saturated carbocycles. The molecule has 0 N–H and O–H groups in total. The van der Waals surface area contributed by atoms with Gasteiger partial charge in [-0.05, 0) is 45.0 Å². The number of rotatable bonds is 8. The Bertz CT molecular complexity index is 1310. The van der Waals surface area contributed by atoms with Crippen molar-refractivity contribution in [2.45, 2.75) is 40.5 Å². The largest absolute Gasteiger partial charge is 0.465 e. The highest BCUT2D eigenvalue weighted by atomic mass is 16.5. The summed E-state index contributed by atoms with van der Waals surface area (Å²) in [6, 6.07) is 6.13. The van der Waals surface area contributed by atoms with E-state index in [-0.39, 0.29) is 22.6 Å². The number of carbonyl (C=O) groups is 4. The van der Waals surface area contributed by atoms with Crippen LogP contribution < -0.4 is 0 Å². The SMILES string of the molecule is COC(=O)c1cc(C(=O)OC)cc(-n2c(C)cc(C(=O)COC(=O)c3c(C)noc3C(C)C)c2C)c1. The number of carbonyl (C=O) groups excluding carboxylic acids is 4. The van der Waals surface area contributed by atoms with Gasteiger partial charge in [0.15, 0.2) is 12.4 Å². The van der Waals surface area contributed by atoms with E-state index < -0.39 is 30.3 Å². The predicted molar refractivity (Wildman–Crippen MR) is 128 cm³/mol. The van der Waals surface area contributed by atoms with Crippen LogP contribution in [0.3, 0.4) is 0 Å². The minimum atomic E-state index is -0.687. The van der Waals surface area contributed by atoms with E-state index in [0.717, 1.165) is 0 Å². The molecule has 0 unspecified atom stereocenters. The van der Waals surface area contributed by atoms with Crippen molar-refractivity contribution in [2.24, 2.45) is 0 Å². The molecule has 2 heterocycles. The van der Waals surface area contributed by atoms with E-state index in [9.17, 15) is 19.2 Å². The molecule has 10 heteroatoms. The lowest BCUT2D eigenvalue weighted by atomic mass is 10.1. The molecule has 0 aliphatic carbocycles. The number of ketones is 1. The number of methoxy groups -OCH3 is 2. The van der Waals surface area contributed by atoms with Crippen molar-refractivity contribution in [3.8, 4) is 5.69 Å². The first kappa shape index (κ1) is 26.4. The van der Waals surface area contributed by atoms with Gasteiger partial charge in [-0.25, -0.2) is 14.4 Å². The Hall–Kier alpha value is -4.21. The summed E-state index contributed by atoms with van der Waals surface area (Å²) in [4.78, 5) is 50.0. The number of nitrogens with zero attached hydrogens (tertiary/aromatic N) is 2. The van der Waals surface area contributed by atoms with Crippen molar-refractivity contribution < 1.29 is 37.9 Å². The number of ether oxygens (including phenoxy) is 3. The summed E-state index contributed by atoms with van der Waals surface area (Å²) in [6.45, 7) is 8.35. The molecular weight excluding hydrogens is 468 g/mol. The maximum Gasteiger partial charge on any atom is 0.344 e. The third-order valence-corrected chi connectivity index (χ3v) is 5.70. The Morgan fingerprint density at radius 3 is 2.03 bits per heavy atom. The van der Waals surface area contributed by atoms with Crippen LogP contribution in [0.15, 0.2) is 28.8 Å². The maximum absolute atomic E-state index is 13.0. The Balaban J connectivity index is 1.92. The van der Waals surface area contributed by atoms with E-state index in [4.69, 9.17) is 18.7 Å². The molecular formula is C26H28N2O8. The Kier molecular flexibility index (Phi) is 7.77. The van der Waals surface area contributed by atoms with Crippen LogP contribution in [0.5, 0.6) is 0 Å². The lowest BCUT2D eigenvalue weighted by molar-refractivity contribution is 0.0470. The number of aryl methyl sites for hydroxylation is 2. The standard InChI is InChI=1S/C26H28N2O8/c1-13(2)23-22(15(4)27-36-23)26(32)35-12-21(29)20-8-14(3)28(16(20)5)19-10-17(24(30)33-6)9-18(11-19)25(31)34-7/h8-11,13H,12H2,1-7H3. The van der Waals surface area contributed by atoms with Gasteiger partial charge in [0.25, 0.3) is 0 Å². The van der Waals surface area contributed by atoms with Crippen LogP contribution in [0.1, 0.15) is 84.0 Å². The Labute approximate surface area is 208 Å². The molecule has 0 spiro atoms. The smallest absolute Gasteiger partial charge is 0.344 e. The Morgan fingerprint density at radius 2 is 1.50 bits per heavy atom. The van der Waals surface area contributed by atoms with Gasteiger partial charge in [0, 0.05) is 28.6 Å². The average molecular weight is 497 g/mol. The Morgan fingerprint density at radius 1 is 0.917 bits per heavy atom. The summed E-state index contributed by atoms with van der Waals surface area (Å²) in [5.41, 5.74) is 2.90. The van der Waals surface area contributed by atoms with E-state index in [1.807, 2.05) is 13.8 Å². The number of hydrogen-bond acceptors (Lipinski definition) is 9. The van der Waals surface area contributed by atoms with Gasteiger partial charge < -0.3 is 23.3 Å². The maximum atomic E-state index is 13.0. The van der Waals surface area contributed by atoms with Crippen molar-refractivity contribution >= 4 is 23.7 Å². The molecule has 0 radical (unpaired) electrons. The first-order valence-electron chi connectivity index (χ1n) is 11.2. The van der Waals surface area contributed by atoms with Gasteiger partial charge in [0.05, 0.1) is 31.0 Å². The summed E-state index contributed by atoms with van der Waals surface area (Å²) >= 11 is 0. The van der Waals surface area contributed by atoms with Crippen LogP contribution >= 0.6 is 0 Å². The number of Topliss-reactive ketones (excluding diaryl/α,β-unsaturated/α-hetero) is 1. The van der Waals surface area contributed by atoms with E-state index in [2.05, 4.69) is 5.16 Å². The summed E-state index contributed by atoms with van der Waals surface area (Å²) in [5.74, 6) is -2.04. The molecule has 0 aliphatic rings. The zero-order chi connectivity index (χ0) is 26.7. The second-order valence-electron chi connectivity index (χ2n) is 8.53. The summed E-state index contributed by atoms with van der Waals surface area (Å²) in [6.07, 6.45) is 0. The summed E-state index contributed by atoms with van der Waals surface area (Å²) < 4.78 is 21.8. The molecule has 3 aromatic rings. The third-order valence-electron chi connectivity index (χ3n) is 5.70. The topological polar surface area (TPSA) is 127 Å². The van der Waals surface area contributed by atoms with Gasteiger partial charge in [0.1, 0.15) is 5.56 Å². The molecule has 1 aromatic carbocycles. The van der Waals surface area contributed by atoms with Gasteiger partial charge in [-0.15, -0.1) is 0 Å². The number of aromatic nitrogens is 2. The molecule has 10 nitrogen and oxygen atoms in total. The van der Waals surface area contributed by atoms with Crippen LogP contribution in [0.4, 0.5) is 0 Å². The number of hydrogen-bond donors (Lipinski definition) is 0. The molecule has 190 valence electrons. The molecule has 0 atom stereocenters.